The third kappa shape index (κ3) is 3.54. The van der Waals surface area contributed by atoms with E-state index in [1.54, 1.807) is 0 Å². The van der Waals surface area contributed by atoms with Crippen LogP contribution in [0.3, 0.4) is 0 Å². The summed E-state index contributed by atoms with van der Waals surface area (Å²) in [5.41, 5.74) is 1.15. The number of likely N-dealkylation sites (tertiary alicyclic amines) is 1. The van der Waals surface area contributed by atoms with Crippen molar-refractivity contribution in [1.82, 2.24) is 9.88 Å². The Labute approximate surface area is 137 Å². The highest BCUT2D eigenvalue weighted by molar-refractivity contribution is 5.85. The van der Waals surface area contributed by atoms with Gasteiger partial charge >= 0.3 is 0 Å². The number of hydrogen-bond acceptors (Lipinski definition) is 3. The van der Waals surface area contributed by atoms with E-state index in [0.29, 0.717) is 6.10 Å². The largest absolute Gasteiger partial charge is 0.490 e. The van der Waals surface area contributed by atoms with E-state index in [-0.39, 0.29) is 0 Å². The van der Waals surface area contributed by atoms with Gasteiger partial charge in [0.05, 0.1) is 6.61 Å². The minimum atomic E-state index is 0.342. The Bertz CT molecular complexity index is 625. The van der Waals surface area contributed by atoms with Crippen LogP contribution < -0.4 is 4.74 Å². The first-order chi connectivity index (χ1) is 11.4. The number of H-pyrrole nitrogens is 1. The average molecular weight is 314 g/mol. The summed E-state index contributed by atoms with van der Waals surface area (Å²) in [6, 6.07) is 8.34. The van der Waals surface area contributed by atoms with Gasteiger partial charge in [-0.3, -0.25) is 0 Å². The van der Waals surface area contributed by atoms with Crippen LogP contribution in [0.4, 0.5) is 0 Å². The van der Waals surface area contributed by atoms with Crippen LogP contribution in [0.5, 0.6) is 5.75 Å². The minimum absolute atomic E-state index is 0.342. The Kier molecular flexibility index (Phi) is 4.53. The summed E-state index contributed by atoms with van der Waals surface area (Å²) in [7, 11) is 0. The second-order valence-electron chi connectivity index (χ2n) is 6.90. The zero-order valence-electron chi connectivity index (χ0n) is 13.7. The van der Waals surface area contributed by atoms with Gasteiger partial charge in [-0.2, -0.15) is 0 Å². The molecule has 2 aromatic rings. The van der Waals surface area contributed by atoms with Gasteiger partial charge in [0.15, 0.2) is 0 Å². The van der Waals surface area contributed by atoms with Gasteiger partial charge in [-0.25, -0.2) is 0 Å². The SMILES string of the molecule is c1cc(OC2CCN(CC3CCCOC3)CC2)c2cc[nH]c2c1. The summed E-state index contributed by atoms with van der Waals surface area (Å²) in [6.45, 7) is 5.39. The third-order valence-electron chi connectivity index (χ3n) is 5.15. The maximum Gasteiger partial charge on any atom is 0.129 e. The van der Waals surface area contributed by atoms with Crippen LogP contribution in [0.2, 0.25) is 0 Å². The molecule has 0 amide bonds. The Morgan fingerprint density at radius 2 is 2.09 bits per heavy atom. The van der Waals surface area contributed by atoms with E-state index < -0.39 is 0 Å². The van der Waals surface area contributed by atoms with Crippen molar-refractivity contribution in [3.05, 3.63) is 30.5 Å². The highest BCUT2D eigenvalue weighted by Crippen LogP contribution is 2.28. The number of ether oxygens (including phenoxy) is 2. The van der Waals surface area contributed by atoms with Gasteiger partial charge in [0.1, 0.15) is 11.9 Å². The van der Waals surface area contributed by atoms with Crippen LogP contribution in [0, 0.1) is 5.92 Å². The number of nitrogens with one attached hydrogen (secondary N) is 1. The lowest BCUT2D eigenvalue weighted by Crippen LogP contribution is -2.42. The van der Waals surface area contributed by atoms with Crippen LogP contribution in [-0.2, 0) is 4.74 Å². The first-order valence-corrected chi connectivity index (χ1v) is 8.91. The zero-order chi connectivity index (χ0) is 15.5. The lowest BCUT2D eigenvalue weighted by Gasteiger charge is -2.35. The Morgan fingerprint density at radius 1 is 1.17 bits per heavy atom. The molecule has 23 heavy (non-hydrogen) atoms. The Balaban J connectivity index is 1.30. The maximum atomic E-state index is 6.29. The molecule has 0 aliphatic carbocycles. The molecule has 1 aromatic heterocycles. The van der Waals surface area contributed by atoms with Crippen molar-refractivity contribution in [3.8, 4) is 5.75 Å². The summed E-state index contributed by atoms with van der Waals surface area (Å²) in [5.74, 6) is 1.75. The van der Waals surface area contributed by atoms with Crippen molar-refractivity contribution in [2.45, 2.75) is 31.8 Å². The molecule has 3 heterocycles. The number of piperidine rings is 1. The molecule has 0 saturated carbocycles. The van der Waals surface area contributed by atoms with Gasteiger partial charge in [0.2, 0.25) is 0 Å². The molecule has 1 N–H and O–H groups in total. The zero-order valence-corrected chi connectivity index (χ0v) is 13.7. The first-order valence-electron chi connectivity index (χ1n) is 8.91. The lowest BCUT2D eigenvalue weighted by atomic mass is 9.99. The molecule has 1 aromatic carbocycles. The number of hydrogen-bond donors (Lipinski definition) is 1. The summed E-state index contributed by atoms with van der Waals surface area (Å²) in [6.07, 6.45) is 7.11. The third-order valence-corrected chi connectivity index (χ3v) is 5.15. The predicted molar refractivity (Wildman–Crippen MR) is 91.9 cm³/mol. The fourth-order valence-corrected chi connectivity index (χ4v) is 3.87. The molecule has 1 atom stereocenters. The quantitative estimate of drug-likeness (QED) is 0.939. The van der Waals surface area contributed by atoms with E-state index in [1.165, 1.54) is 24.8 Å². The fourth-order valence-electron chi connectivity index (χ4n) is 3.87. The number of aromatic nitrogens is 1. The lowest BCUT2D eigenvalue weighted by molar-refractivity contribution is 0.0262. The van der Waals surface area contributed by atoms with Gasteiger partial charge in [-0.05, 0) is 49.8 Å². The van der Waals surface area contributed by atoms with E-state index in [2.05, 4.69) is 34.1 Å². The molecule has 2 saturated heterocycles. The second kappa shape index (κ2) is 6.93. The van der Waals surface area contributed by atoms with Crippen LogP contribution in [0.25, 0.3) is 10.9 Å². The summed E-state index contributed by atoms with van der Waals surface area (Å²) >= 11 is 0. The van der Waals surface area contributed by atoms with Crippen LogP contribution in [0.15, 0.2) is 30.5 Å². The van der Waals surface area contributed by atoms with E-state index in [9.17, 15) is 0 Å². The smallest absolute Gasteiger partial charge is 0.129 e. The number of fused-ring (bicyclic) bond motifs is 1. The number of benzene rings is 1. The van der Waals surface area contributed by atoms with E-state index >= 15 is 0 Å². The van der Waals surface area contributed by atoms with Crippen LogP contribution >= 0.6 is 0 Å². The normalized spacial score (nSPS) is 24.1. The van der Waals surface area contributed by atoms with Gasteiger partial charge in [-0.1, -0.05) is 6.07 Å². The molecule has 2 aliphatic heterocycles. The molecule has 2 fully saturated rings. The predicted octanol–water partition coefficient (Wildman–Crippen LogP) is 3.44. The van der Waals surface area contributed by atoms with E-state index in [1.807, 2.05) is 6.20 Å². The van der Waals surface area contributed by atoms with Gasteiger partial charge in [0.25, 0.3) is 0 Å². The van der Waals surface area contributed by atoms with E-state index in [4.69, 9.17) is 9.47 Å². The molecular formula is C19H26N2O2. The maximum absolute atomic E-state index is 6.29. The molecule has 0 radical (unpaired) electrons. The molecule has 4 rings (SSSR count). The molecular weight excluding hydrogens is 288 g/mol. The van der Waals surface area contributed by atoms with Crippen molar-refractivity contribution in [3.63, 3.8) is 0 Å². The van der Waals surface area contributed by atoms with Gasteiger partial charge in [0, 0.05) is 43.3 Å². The van der Waals surface area contributed by atoms with Crippen molar-refractivity contribution in [1.29, 1.82) is 0 Å². The highest BCUT2D eigenvalue weighted by Gasteiger charge is 2.24. The summed E-state index contributed by atoms with van der Waals surface area (Å²) in [4.78, 5) is 5.84. The number of nitrogens with zero attached hydrogens (tertiary/aromatic N) is 1. The molecule has 4 heteroatoms. The molecule has 124 valence electrons. The monoisotopic (exact) mass is 314 g/mol. The van der Waals surface area contributed by atoms with Crippen molar-refractivity contribution < 1.29 is 9.47 Å². The first kappa shape index (κ1) is 15.0. The van der Waals surface area contributed by atoms with Crippen molar-refractivity contribution in [2.24, 2.45) is 5.92 Å². The molecule has 2 aliphatic rings. The second-order valence-corrected chi connectivity index (χ2v) is 6.90. The molecule has 4 nitrogen and oxygen atoms in total. The Hall–Kier alpha value is -1.52. The minimum Gasteiger partial charge on any atom is -0.490 e. The fraction of sp³-hybridized carbons (Fsp3) is 0.579. The van der Waals surface area contributed by atoms with Gasteiger partial charge in [-0.15, -0.1) is 0 Å². The number of aromatic amines is 1. The number of rotatable bonds is 4. The molecule has 0 spiro atoms. The molecule has 0 bridgehead atoms. The van der Waals surface area contributed by atoms with Crippen molar-refractivity contribution >= 4 is 10.9 Å². The van der Waals surface area contributed by atoms with E-state index in [0.717, 1.165) is 56.3 Å². The summed E-state index contributed by atoms with van der Waals surface area (Å²) in [5, 5.41) is 1.19. The highest BCUT2D eigenvalue weighted by atomic mass is 16.5. The molecule has 1 unspecified atom stereocenters. The van der Waals surface area contributed by atoms with Gasteiger partial charge < -0.3 is 19.4 Å². The van der Waals surface area contributed by atoms with Crippen LogP contribution in [-0.4, -0.2) is 48.8 Å². The Morgan fingerprint density at radius 3 is 2.91 bits per heavy atom. The van der Waals surface area contributed by atoms with Crippen molar-refractivity contribution in [2.75, 3.05) is 32.8 Å². The standard InChI is InChI=1S/C19H26N2O2/c1-4-18-17(6-9-20-18)19(5-1)23-16-7-10-21(11-8-16)13-15-3-2-12-22-14-15/h1,4-6,9,15-16,20H,2-3,7-8,10-14H2. The van der Waals surface area contributed by atoms with Crippen LogP contribution in [0.1, 0.15) is 25.7 Å². The average Bonchev–Trinajstić information content (AvgIpc) is 3.07. The summed E-state index contributed by atoms with van der Waals surface area (Å²) < 4.78 is 11.9. The topological polar surface area (TPSA) is 37.5 Å².